The smallest absolute Gasteiger partial charge is 0.376 e. The number of hydrogen-bond donors (Lipinski definition) is 0. The summed E-state index contributed by atoms with van der Waals surface area (Å²) in [5, 5.41) is 0. The average molecular weight is 393 g/mol. The Hall–Kier alpha value is -1.23. The van der Waals surface area contributed by atoms with Gasteiger partial charge in [0.2, 0.25) is 0 Å². The van der Waals surface area contributed by atoms with E-state index in [4.69, 9.17) is 4.74 Å². The maximum atomic E-state index is 12.7. The van der Waals surface area contributed by atoms with Crippen LogP contribution in [0.15, 0.2) is 24.5 Å². The molecule has 1 aromatic rings. The average Bonchev–Trinajstić information content (AvgIpc) is 2.54. The van der Waals surface area contributed by atoms with Gasteiger partial charge in [-0.25, -0.2) is 8.42 Å². The molecule has 1 spiro atoms. The molecule has 0 bridgehead atoms. The molecule has 10 heteroatoms. The standard InChI is InChI=1S/C16H22F3N3O3S/c1-21-7-4-14(10-25-9-13-2-5-20-6-3-13)8-15(21)11-22(12-15)26(23,24)16(17,18)19/h2-3,5-6,14H,4,7-12H2,1H3/t14-/m0/s1. The van der Waals surface area contributed by atoms with Crippen LogP contribution in [0.4, 0.5) is 13.2 Å². The molecule has 0 saturated carbocycles. The molecule has 146 valence electrons. The van der Waals surface area contributed by atoms with Gasteiger partial charge in [-0.15, -0.1) is 0 Å². The topological polar surface area (TPSA) is 62.7 Å². The molecule has 1 aromatic heterocycles. The van der Waals surface area contributed by atoms with Crippen LogP contribution < -0.4 is 0 Å². The lowest BCUT2D eigenvalue weighted by Crippen LogP contribution is -2.73. The number of rotatable bonds is 5. The Morgan fingerprint density at radius 1 is 1.31 bits per heavy atom. The minimum Gasteiger partial charge on any atom is -0.376 e. The number of sulfonamides is 1. The summed E-state index contributed by atoms with van der Waals surface area (Å²) >= 11 is 0. The van der Waals surface area contributed by atoms with Crippen LogP contribution in [0.25, 0.3) is 0 Å². The van der Waals surface area contributed by atoms with Crippen molar-refractivity contribution in [2.75, 3.05) is 33.3 Å². The maximum Gasteiger partial charge on any atom is 0.511 e. The number of piperidine rings is 1. The van der Waals surface area contributed by atoms with E-state index in [1.165, 1.54) is 0 Å². The summed E-state index contributed by atoms with van der Waals surface area (Å²) < 4.78 is 67.4. The molecule has 2 aliphatic heterocycles. The van der Waals surface area contributed by atoms with Crippen molar-refractivity contribution in [3.05, 3.63) is 30.1 Å². The zero-order valence-electron chi connectivity index (χ0n) is 14.4. The van der Waals surface area contributed by atoms with E-state index in [9.17, 15) is 21.6 Å². The number of halogens is 3. The van der Waals surface area contributed by atoms with E-state index in [2.05, 4.69) is 4.98 Å². The van der Waals surface area contributed by atoms with Gasteiger partial charge in [0.05, 0.1) is 6.61 Å². The number of ether oxygens (including phenoxy) is 1. The summed E-state index contributed by atoms with van der Waals surface area (Å²) in [4.78, 5) is 5.92. The third kappa shape index (κ3) is 3.73. The Labute approximate surface area is 151 Å². The van der Waals surface area contributed by atoms with Gasteiger partial charge in [-0.3, -0.25) is 9.88 Å². The van der Waals surface area contributed by atoms with Gasteiger partial charge >= 0.3 is 15.5 Å². The summed E-state index contributed by atoms with van der Waals surface area (Å²) in [7, 11) is -3.40. The van der Waals surface area contributed by atoms with E-state index < -0.39 is 21.1 Å². The third-order valence-corrected chi connectivity index (χ3v) is 6.82. The number of pyridine rings is 1. The van der Waals surface area contributed by atoms with Crippen LogP contribution in [0.3, 0.4) is 0 Å². The molecule has 2 saturated heterocycles. The fourth-order valence-corrected chi connectivity index (χ4v) is 4.78. The molecule has 2 fully saturated rings. The maximum absolute atomic E-state index is 12.7. The van der Waals surface area contributed by atoms with Crippen LogP contribution in [0.1, 0.15) is 18.4 Å². The molecule has 3 heterocycles. The first-order valence-corrected chi connectivity index (χ1v) is 9.82. The van der Waals surface area contributed by atoms with Crippen molar-refractivity contribution in [2.45, 2.75) is 30.5 Å². The summed E-state index contributed by atoms with van der Waals surface area (Å²) in [5.41, 5.74) is -4.76. The molecule has 3 rings (SSSR count). The van der Waals surface area contributed by atoms with E-state index in [0.717, 1.165) is 12.0 Å². The van der Waals surface area contributed by atoms with Crippen molar-refractivity contribution < 1.29 is 26.3 Å². The Morgan fingerprint density at radius 2 is 1.96 bits per heavy atom. The van der Waals surface area contributed by atoms with Crippen LogP contribution in [0.2, 0.25) is 0 Å². The monoisotopic (exact) mass is 393 g/mol. The van der Waals surface area contributed by atoms with E-state index in [1.54, 1.807) is 12.4 Å². The Morgan fingerprint density at radius 3 is 2.58 bits per heavy atom. The van der Waals surface area contributed by atoms with E-state index >= 15 is 0 Å². The largest absolute Gasteiger partial charge is 0.511 e. The Kier molecular flexibility index (Phi) is 5.31. The van der Waals surface area contributed by atoms with Gasteiger partial charge in [-0.05, 0) is 50.0 Å². The molecule has 0 aromatic carbocycles. The number of nitrogens with zero attached hydrogens (tertiary/aromatic N) is 3. The molecular formula is C16H22F3N3O3S. The highest BCUT2D eigenvalue weighted by atomic mass is 32.2. The van der Waals surface area contributed by atoms with Crippen LogP contribution in [0.5, 0.6) is 0 Å². The summed E-state index contributed by atoms with van der Waals surface area (Å²) in [5.74, 6) is 0.198. The van der Waals surface area contributed by atoms with E-state index in [1.807, 2.05) is 24.1 Å². The number of aromatic nitrogens is 1. The highest BCUT2D eigenvalue weighted by Crippen LogP contribution is 2.42. The number of likely N-dealkylation sites (N-methyl/N-ethyl adjacent to an activating group) is 1. The van der Waals surface area contributed by atoms with Gasteiger partial charge in [0.25, 0.3) is 0 Å². The van der Waals surface area contributed by atoms with E-state index in [0.29, 0.717) is 30.5 Å². The van der Waals surface area contributed by atoms with Gasteiger partial charge in [0.1, 0.15) is 0 Å². The van der Waals surface area contributed by atoms with Crippen LogP contribution in [-0.4, -0.2) is 66.9 Å². The first kappa shape index (κ1) is 19.5. The van der Waals surface area contributed by atoms with Gasteiger partial charge < -0.3 is 4.74 Å². The third-order valence-electron chi connectivity index (χ3n) is 5.30. The summed E-state index contributed by atoms with van der Waals surface area (Å²) in [6.07, 6.45) is 4.88. The lowest BCUT2D eigenvalue weighted by atomic mass is 9.77. The first-order chi connectivity index (χ1) is 12.1. The second-order valence-electron chi connectivity index (χ2n) is 7.09. The van der Waals surface area contributed by atoms with Crippen LogP contribution >= 0.6 is 0 Å². The summed E-state index contributed by atoms with van der Waals surface area (Å²) in [6.45, 7) is 1.43. The minimum absolute atomic E-state index is 0.119. The van der Waals surface area contributed by atoms with Gasteiger partial charge in [-0.1, -0.05) is 0 Å². The van der Waals surface area contributed by atoms with E-state index in [-0.39, 0.29) is 19.0 Å². The van der Waals surface area contributed by atoms with Crippen molar-refractivity contribution >= 4 is 10.0 Å². The number of likely N-dealkylation sites (tertiary alicyclic amines) is 1. The van der Waals surface area contributed by atoms with Crippen LogP contribution in [-0.2, 0) is 21.4 Å². The zero-order chi connectivity index (χ0) is 19.0. The highest BCUT2D eigenvalue weighted by Gasteiger charge is 2.60. The Balaban J connectivity index is 1.55. The first-order valence-electron chi connectivity index (χ1n) is 8.38. The van der Waals surface area contributed by atoms with Crippen molar-refractivity contribution in [3.8, 4) is 0 Å². The van der Waals surface area contributed by atoms with Gasteiger partial charge in [0.15, 0.2) is 0 Å². The molecule has 0 aliphatic carbocycles. The molecule has 0 unspecified atom stereocenters. The predicted molar refractivity (Wildman–Crippen MR) is 88.5 cm³/mol. The molecular weight excluding hydrogens is 371 g/mol. The fourth-order valence-electron chi connectivity index (χ4n) is 3.67. The summed E-state index contributed by atoms with van der Waals surface area (Å²) in [6, 6.07) is 3.73. The van der Waals surface area contributed by atoms with Gasteiger partial charge in [-0.2, -0.15) is 17.5 Å². The molecule has 26 heavy (non-hydrogen) atoms. The molecule has 2 aliphatic rings. The molecule has 0 radical (unpaired) electrons. The van der Waals surface area contributed by atoms with Crippen molar-refractivity contribution in [1.82, 2.24) is 14.2 Å². The zero-order valence-corrected chi connectivity index (χ0v) is 15.3. The van der Waals surface area contributed by atoms with Crippen molar-refractivity contribution in [2.24, 2.45) is 5.92 Å². The second-order valence-corrected chi connectivity index (χ2v) is 9.02. The SMILES string of the molecule is CN1CC[C@H](COCc2ccncc2)CC12CN(S(=O)(=O)C(F)(F)F)C2. The quantitative estimate of drug-likeness (QED) is 0.764. The van der Waals surface area contributed by atoms with Crippen molar-refractivity contribution in [1.29, 1.82) is 0 Å². The number of alkyl halides is 3. The molecule has 0 N–H and O–H groups in total. The fraction of sp³-hybridized carbons (Fsp3) is 0.688. The normalized spacial score (nSPS) is 24.5. The predicted octanol–water partition coefficient (Wildman–Crippen LogP) is 1.84. The second kappa shape index (κ2) is 7.06. The number of hydrogen-bond acceptors (Lipinski definition) is 5. The Bertz CT molecular complexity index is 721. The highest BCUT2D eigenvalue weighted by molar-refractivity contribution is 7.90. The minimum atomic E-state index is -5.24. The van der Waals surface area contributed by atoms with Crippen LogP contribution in [0, 0.1) is 5.92 Å². The molecule has 0 amide bonds. The van der Waals surface area contributed by atoms with Crippen molar-refractivity contribution in [3.63, 3.8) is 0 Å². The lowest BCUT2D eigenvalue weighted by molar-refractivity contribution is -0.0804. The lowest BCUT2D eigenvalue weighted by Gasteiger charge is -2.57. The molecule has 6 nitrogen and oxygen atoms in total. The molecule has 1 atom stereocenters. The van der Waals surface area contributed by atoms with Gasteiger partial charge in [0, 0.05) is 37.6 Å².